The van der Waals surface area contributed by atoms with E-state index in [-0.39, 0.29) is 17.3 Å². The van der Waals surface area contributed by atoms with Gasteiger partial charge in [-0.15, -0.1) is 11.3 Å². The second kappa shape index (κ2) is 10.3. The molecule has 5 nitrogen and oxygen atoms in total. The van der Waals surface area contributed by atoms with Gasteiger partial charge in [0.25, 0.3) is 0 Å². The molecule has 170 valence electrons. The highest BCUT2D eigenvalue weighted by Gasteiger charge is 2.33. The van der Waals surface area contributed by atoms with Gasteiger partial charge in [-0.1, -0.05) is 49.0 Å². The van der Waals surface area contributed by atoms with E-state index >= 15 is 0 Å². The van der Waals surface area contributed by atoms with Gasteiger partial charge in [0, 0.05) is 33.1 Å². The molecule has 1 atom stereocenters. The maximum absolute atomic E-state index is 12.6. The highest BCUT2D eigenvalue weighted by atomic mass is 35.5. The Labute approximate surface area is 206 Å². The third kappa shape index (κ3) is 5.42. The van der Waals surface area contributed by atoms with Crippen molar-refractivity contribution in [3.05, 3.63) is 39.7 Å². The molecule has 1 aromatic carbocycles. The number of hydrogen-bond donors (Lipinski definition) is 1. The quantitative estimate of drug-likeness (QED) is 0.205. The van der Waals surface area contributed by atoms with Gasteiger partial charge >= 0.3 is 0 Å². The monoisotopic (exact) mass is 507 g/mol. The third-order valence-electron chi connectivity index (χ3n) is 5.43. The lowest BCUT2D eigenvalue weighted by Gasteiger charge is -2.33. The molecule has 2 aromatic heterocycles. The molecule has 1 N–H and O–H groups in total. The number of hydrogen-bond acceptors (Lipinski definition) is 7. The zero-order chi connectivity index (χ0) is 22.7. The average Bonchev–Trinajstić information content (AvgIpc) is 3.15. The summed E-state index contributed by atoms with van der Waals surface area (Å²) in [6, 6.07) is 7.13. The fraction of sp³-hybridized carbons (Fsp3) is 0.435. The van der Waals surface area contributed by atoms with Gasteiger partial charge in [-0.3, -0.25) is 4.79 Å². The predicted molar refractivity (Wildman–Crippen MR) is 136 cm³/mol. The number of nitrogens with one attached hydrogen (secondary N) is 1. The molecule has 0 radical (unpaired) electrons. The first-order chi connectivity index (χ1) is 15.4. The topological polar surface area (TPSA) is 64.1 Å². The first kappa shape index (κ1) is 23.8. The van der Waals surface area contributed by atoms with Gasteiger partial charge in [-0.2, -0.15) is 0 Å². The summed E-state index contributed by atoms with van der Waals surface area (Å²) in [6.07, 6.45) is 2.84. The minimum atomic E-state index is -0.176. The summed E-state index contributed by atoms with van der Waals surface area (Å²) < 4.78 is 6.16. The number of thiophene rings is 1. The fourth-order valence-electron chi connectivity index (χ4n) is 3.47. The number of carbonyl (C=O) groups excluding carboxylic acids is 1. The molecule has 0 saturated heterocycles. The van der Waals surface area contributed by atoms with E-state index in [1.807, 2.05) is 0 Å². The van der Waals surface area contributed by atoms with Crippen molar-refractivity contribution in [2.75, 3.05) is 16.8 Å². The molecular formula is C23H26ClN3O2S3. The van der Waals surface area contributed by atoms with Gasteiger partial charge < -0.3 is 10.1 Å². The fourth-order valence-corrected chi connectivity index (χ4v) is 6.44. The SMILES string of the molecule is CCCSc1nc(SCC(=O)Nc2ccc(Cl)cc2)c2c3c(sc2n1)CO[C@@](C)(CC)C3. The Bertz CT molecular complexity index is 1120. The minimum absolute atomic E-state index is 0.0716. The molecule has 0 saturated carbocycles. The lowest BCUT2D eigenvalue weighted by molar-refractivity contribution is -0.113. The number of benzene rings is 1. The number of halogens is 1. The van der Waals surface area contributed by atoms with Crippen LogP contribution in [0, 0.1) is 0 Å². The van der Waals surface area contributed by atoms with Crippen LogP contribution in [0.1, 0.15) is 44.1 Å². The van der Waals surface area contributed by atoms with E-state index in [1.165, 1.54) is 22.2 Å². The van der Waals surface area contributed by atoms with Crippen molar-refractivity contribution >= 4 is 68.3 Å². The Kier molecular flexibility index (Phi) is 7.67. The van der Waals surface area contributed by atoms with Crippen LogP contribution in [0.25, 0.3) is 10.2 Å². The Morgan fingerprint density at radius 1 is 1.25 bits per heavy atom. The normalized spacial score (nSPS) is 18.0. The van der Waals surface area contributed by atoms with Gasteiger partial charge in [0.2, 0.25) is 5.91 Å². The molecule has 0 fully saturated rings. The number of rotatable bonds is 8. The van der Waals surface area contributed by atoms with Gasteiger partial charge in [0.05, 0.1) is 18.0 Å². The Morgan fingerprint density at radius 3 is 2.75 bits per heavy atom. The van der Waals surface area contributed by atoms with Crippen LogP contribution in [0.3, 0.4) is 0 Å². The number of carbonyl (C=O) groups is 1. The van der Waals surface area contributed by atoms with E-state index in [4.69, 9.17) is 26.3 Å². The predicted octanol–water partition coefficient (Wildman–Crippen LogP) is 6.82. The van der Waals surface area contributed by atoms with Crippen molar-refractivity contribution < 1.29 is 9.53 Å². The molecule has 4 rings (SSSR count). The minimum Gasteiger partial charge on any atom is -0.369 e. The number of fused-ring (bicyclic) bond motifs is 3. The van der Waals surface area contributed by atoms with Crippen LogP contribution in [0.5, 0.6) is 0 Å². The summed E-state index contributed by atoms with van der Waals surface area (Å²) in [5.41, 5.74) is 1.84. The van der Waals surface area contributed by atoms with Crippen LogP contribution < -0.4 is 5.32 Å². The summed E-state index contributed by atoms with van der Waals surface area (Å²) >= 11 is 10.8. The third-order valence-corrected chi connectivity index (χ3v) is 8.81. The number of ether oxygens (including phenoxy) is 1. The maximum Gasteiger partial charge on any atom is 0.234 e. The lowest BCUT2D eigenvalue weighted by Crippen LogP contribution is -2.33. The largest absolute Gasteiger partial charge is 0.369 e. The van der Waals surface area contributed by atoms with E-state index in [9.17, 15) is 4.79 Å². The molecular weight excluding hydrogens is 482 g/mol. The number of anilines is 1. The van der Waals surface area contributed by atoms with E-state index in [0.29, 0.717) is 11.6 Å². The lowest BCUT2D eigenvalue weighted by atomic mass is 9.90. The van der Waals surface area contributed by atoms with E-state index < -0.39 is 0 Å². The summed E-state index contributed by atoms with van der Waals surface area (Å²) in [5, 5.41) is 6.33. The number of thioether (sulfide) groups is 2. The molecule has 32 heavy (non-hydrogen) atoms. The van der Waals surface area contributed by atoms with Gasteiger partial charge in [0.1, 0.15) is 9.86 Å². The van der Waals surface area contributed by atoms with E-state index in [1.54, 1.807) is 47.4 Å². The molecule has 1 aliphatic rings. The molecule has 3 aromatic rings. The summed E-state index contributed by atoms with van der Waals surface area (Å²) in [4.78, 5) is 24.5. The van der Waals surface area contributed by atoms with Crippen molar-refractivity contribution in [1.29, 1.82) is 0 Å². The van der Waals surface area contributed by atoms with Crippen molar-refractivity contribution in [2.24, 2.45) is 0 Å². The zero-order valence-electron chi connectivity index (χ0n) is 18.4. The van der Waals surface area contributed by atoms with Gasteiger partial charge in [-0.25, -0.2) is 9.97 Å². The molecule has 0 bridgehead atoms. The van der Waals surface area contributed by atoms with Crippen LogP contribution >= 0.6 is 46.5 Å². The number of amides is 1. The van der Waals surface area contributed by atoms with E-state index in [0.717, 1.165) is 51.1 Å². The van der Waals surface area contributed by atoms with Crippen LogP contribution in [0.4, 0.5) is 5.69 Å². The second-order valence-electron chi connectivity index (χ2n) is 7.96. The first-order valence-electron chi connectivity index (χ1n) is 10.7. The second-order valence-corrected chi connectivity index (χ2v) is 11.5. The van der Waals surface area contributed by atoms with Crippen molar-refractivity contribution in [3.8, 4) is 0 Å². The molecule has 1 amide bonds. The standard InChI is InChI=1S/C23H26ClN3O2S3/c1-4-10-30-22-26-20(31-13-18(28)25-15-8-6-14(24)7-9-15)19-16-11-23(3,5-2)29-12-17(16)32-21(19)27-22/h6-9H,4-5,10-13H2,1-3H3,(H,25,28)/t23-/m0/s1. The van der Waals surface area contributed by atoms with Crippen LogP contribution in [0.15, 0.2) is 34.4 Å². The molecule has 9 heteroatoms. The zero-order valence-corrected chi connectivity index (χ0v) is 21.6. The first-order valence-corrected chi connectivity index (χ1v) is 13.8. The molecule has 1 aliphatic heterocycles. The molecule has 3 heterocycles. The van der Waals surface area contributed by atoms with Gasteiger partial charge in [-0.05, 0) is 49.6 Å². The van der Waals surface area contributed by atoms with Crippen molar-refractivity contribution in [2.45, 2.75) is 62.4 Å². The molecule has 0 aliphatic carbocycles. The molecule has 0 spiro atoms. The molecule has 0 unspecified atom stereocenters. The summed E-state index contributed by atoms with van der Waals surface area (Å²) in [5.74, 6) is 1.17. The van der Waals surface area contributed by atoms with Gasteiger partial charge in [0.15, 0.2) is 5.16 Å². The number of nitrogens with zero attached hydrogens (tertiary/aromatic N) is 2. The Hall–Kier alpha value is -1.32. The van der Waals surface area contributed by atoms with Crippen molar-refractivity contribution in [3.63, 3.8) is 0 Å². The highest BCUT2D eigenvalue weighted by molar-refractivity contribution is 8.00. The van der Waals surface area contributed by atoms with Crippen LogP contribution in [-0.4, -0.2) is 33.0 Å². The maximum atomic E-state index is 12.6. The highest BCUT2D eigenvalue weighted by Crippen LogP contribution is 2.43. The van der Waals surface area contributed by atoms with Crippen LogP contribution in [-0.2, 0) is 22.6 Å². The number of aromatic nitrogens is 2. The summed E-state index contributed by atoms with van der Waals surface area (Å²) in [6.45, 7) is 7.08. The average molecular weight is 508 g/mol. The Balaban J connectivity index is 1.61. The van der Waals surface area contributed by atoms with E-state index in [2.05, 4.69) is 26.1 Å². The van der Waals surface area contributed by atoms with Crippen molar-refractivity contribution in [1.82, 2.24) is 9.97 Å². The van der Waals surface area contributed by atoms with Crippen LogP contribution in [0.2, 0.25) is 5.02 Å². The summed E-state index contributed by atoms with van der Waals surface area (Å²) in [7, 11) is 0. The Morgan fingerprint density at radius 2 is 2.03 bits per heavy atom. The smallest absolute Gasteiger partial charge is 0.234 e.